The van der Waals surface area contributed by atoms with Crippen LogP contribution in [-0.4, -0.2) is 13.1 Å². The van der Waals surface area contributed by atoms with Crippen molar-refractivity contribution in [2.24, 2.45) is 0 Å². The Morgan fingerprint density at radius 2 is 1.00 bits per heavy atom. The van der Waals surface area contributed by atoms with Crippen LogP contribution < -0.4 is 20.2 Å². The van der Waals surface area contributed by atoms with E-state index in [0.717, 1.165) is 50.5 Å². The lowest BCUT2D eigenvalue weighted by atomic mass is 9.97. The van der Waals surface area contributed by atoms with E-state index in [0.29, 0.717) is 0 Å². The summed E-state index contributed by atoms with van der Waals surface area (Å²) in [5.41, 5.74) is 12.4. The van der Waals surface area contributed by atoms with E-state index in [9.17, 15) is 0 Å². The molecular formula is C47H37N3Si. The van der Waals surface area contributed by atoms with Crippen molar-refractivity contribution >= 4 is 63.5 Å². The van der Waals surface area contributed by atoms with Gasteiger partial charge in [-0.25, -0.2) is 4.98 Å². The number of para-hydroxylation sites is 4. The molecule has 0 atom stereocenters. The second kappa shape index (κ2) is 12.6. The van der Waals surface area contributed by atoms with Gasteiger partial charge >= 0.3 is 0 Å². The predicted molar refractivity (Wildman–Crippen MR) is 219 cm³/mol. The molecule has 0 saturated heterocycles. The third-order valence-electron chi connectivity index (χ3n) is 10.2. The van der Waals surface area contributed by atoms with Gasteiger partial charge in [-0.2, -0.15) is 0 Å². The molecule has 8 aromatic rings. The SMILES string of the molecule is C[Si]1(C)c2ccccc2N(c2ccc(-c3cc(-c4ccccc4)c4cc(N(c5ccccc5)c5ccccc5)ccc4n3)cc2)c2ccccc21. The molecule has 1 aliphatic rings. The molecule has 0 amide bonds. The summed E-state index contributed by atoms with van der Waals surface area (Å²) >= 11 is 0. The zero-order chi connectivity index (χ0) is 34.4. The van der Waals surface area contributed by atoms with Gasteiger partial charge in [0.2, 0.25) is 0 Å². The summed E-state index contributed by atoms with van der Waals surface area (Å²) in [4.78, 5) is 10.0. The molecule has 3 nitrogen and oxygen atoms in total. The molecular weight excluding hydrogens is 635 g/mol. The standard InChI is InChI=1S/C47H37N3Si/c1-51(2)46-24-14-12-22-44(46)50(45-23-13-15-25-47(45)51)38-28-26-35(27-29-38)43-33-40(34-16-6-3-7-17-34)41-32-39(30-31-42(41)48-43)49(36-18-8-4-9-19-36)37-20-10-5-11-21-37/h3-33H,1-2H3. The van der Waals surface area contributed by atoms with Crippen molar-refractivity contribution < 1.29 is 0 Å². The molecule has 0 spiro atoms. The highest BCUT2D eigenvalue weighted by molar-refractivity contribution is 7.02. The van der Waals surface area contributed by atoms with Gasteiger partial charge < -0.3 is 9.80 Å². The zero-order valence-corrected chi connectivity index (χ0v) is 29.7. The quantitative estimate of drug-likeness (QED) is 0.164. The lowest BCUT2D eigenvalue weighted by molar-refractivity contribution is 1.28. The van der Waals surface area contributed by atoms with Crippen LogP contribution >= 0.6 is 0 Å². The van der Waals surface area contributed by atoms with Crippen LogP contribution in [0.5, 0.6) is 0 Å². The highest BCUT2D eigenvalue weighted by Crippen LogP contribution is 2.41. The van der Waals surface area contributed by atoms with E-state index in [1.807, 2.05) is 0 Å². The monoisotopic (exact) mass is 671 g/mol. The second-order valence-corrected chi connectivity index (χ2v) is 18.0. The Labute approximate surface area is 300 Å². The molecule has 0 aliphatic carbocycles. The first-order chi connectivity index (χ1) is 25.1. The molecule has 9 rings (SSSR count). The molecule has 1 aromatic heterocycles. The number of rotatable bonds is 6. The van der Waals surface area contributed by atoms with Gasteiger partial charge in [-0.3, -0.25) is 0 Å². The van der Waals surface area contributed by atoms with E-state index < -0.39 is 8.07 Å². The lowest BCUT2D eigenvalue weighted by Gasteiger charge is -2.41. The van der Waals surface area contributed by atoms with Crippen molar-refractivity contribution in [3.63, 3.8) is 0 Å². The van der Waals surface area contributed by atoms with Crippen LogP contribution in [0.25, 0.3) is 33.3 Å². The minimum atomic E-state index is -1.84. The van der Waals surface area contributed by atoms with Crippen LogP contribution in [0.1, 0.15) is 0 Å². The van der Waals surface area contributed by atoms with E-state index in [1.165, 1.54) is 27.3 Å². The molecule has 7 aromatic carbocycles. The third kappa shape index (κ3) is 5.41. The molecule has 51 heavy (non-hydrogen) atoms. The molecule has 244 valence electrons. The van der Waals surface area contributed by atoms with Gasteiger partial charge in [-0.05, 0) is 94.3 Å². The molecule has 0 radical (unpaired) electrons. The fourth-order valence-corrected chi connectivity index (χ4v) is 10.7. The van der Waals surface area contributed by atoms with Gasteiger partial charge in [-0.15, -0.1) is 0 Å². The van der Waals surface area contributed by atoms with Crippen molar-refractivity contribution in [1.82, 2.24) is 4.98 Å². The number of hydrogen-bond donors (Lipinski definition) is 0. The number of hydrogen-bond acceptors (Lipinski definition) is 3. The topological polar surface area (TPSA) is 19.4 Å². The molecule has 0 N–H and O–H groups in total. The first-order valence-corrected chi connectivity index (χ1v) is 20.6. The molecule has 0 unspecified atom stereocenters. The first-order valence-electron chi connectivity index (χ1n) is 17.6. The molecule has 0 bridgehead atoms. The molecule has 0 saturated carbocycles. The van der Waals surface area contributed by atoms with Crippen LogP contribution in [-0.2, 0) is 0 Å². The van der Waals surface area contributed by atoms with Gasteiger partial charge in [-0.1, -0.05) is 128 Å². The minimum absolute atomic E-state index is 0.955. The molecule has 0 fully saturated rings. The Morgan fingerprint density at radius 1 is 0.471 bits per heavy atom. The van der Waals surface area contributed by atoms with Crippen LogP contribution in [0.3, 0.4) is 0 Å². The lowest BCUT2D eigenvalue weighted by Crippen LogP contribution is -2.58. The van der Waals surface area contributed by atoms with E-state index in [4.69, 9.17) is 4.98 Å². The fourth-order valence-electron chi connectivity index (χ4n) is 7.69. The fraction of sp³-hybridized carbons (Fsp3) is 0.0426. The summed E-state index contributed by atoms with van der Waals surface area (Å²) in [5, 5.41) is 4.05. The van der Waals surface area contributed by atoms with Crippen molar-refractivity contribution in [1.29, 1.82) is 0 Å². The van der Waals surface area contributed by atoms with E-state index in [1.54, 1.807) is 0 Å². The highest BCUT2D eigenvalue weighted by atomic mass is 28.3. The number of pyridine rings is 1. The van der Waals surface area contributed by atoms with Gasteiger partial charge in [0.15, 0.2) is 0 Å². The molecule has 1 aliphatic heterocycles. The van der Waals surface area contributed by atoms with Gasteiger partial charge in [0, 0.05) is 45.1 Å². The molecule has 2 heterocycles. The van der Waals surface area contributed by atoms with Crippen LogP contribution in [0, 0.1) is 0 Å². The average molecular weight is 672 g/mol. The Morgan fingerprint density at radius 3 is 1.59 bits per heavy atom. The summed E-state index contributed by atoms with van der Waals surface area (Å²) in [6.07, 6.45) is 0. The first kappa shape index (κ1) is 30.8. The third-order valence-corrected chi connectivity index (χ3v) is 13.8. The van der Waals surface area contributed by atoms with Gasteiger partial charge in [0.05, 0.1) is 11.2 Å². The van der Waals surface area contributed by atoms with Crippen molar-refractivity contribution in [3.05, 3.63) is 188 Å². The predicted octanol–water partition coefficient (Wildman–Crippen LogP) is 11.6. The summed E-state index contributed by atoms with van der Waals surface area (Å²) in [7, 11) is -1.84. The number of fused-ring (bicyclic) bond motifs is 3. The summed E-state index contributed by atoms with van der Waals surface area (Å²) in [6.45, 7) is 4.93. The number of nitrogens with zero attached hydrogens (tertiary/aromatic N) is 3. The highest BCUT2D eigenvalue weighted by Gasteiger charge is 2.38. The van der Waals surface area contributed by atoms with E-state index >= 15 is 0 Å². The van der Waals surface area contributed by atoms with E-state index in [-0.39, 0.29) is 0 Å². The normalized spacial score (nSPS) is 13.0. The zero-order valence-electron chi connectivity index (χ0n) is 28.7. The van der Waals surface area contributed by atoms with E-state index in [2.05, 4.69) is 211 Å². The number of benzene rings is 7. The average Bonchev–Trinajstić information content (AvgIpc) is 3.19. The van der Waals surface area contributed by atoms with Crippen molar-refractivity contribution in [2.45, 2.75) is 13.1 Å². The van der Waals surface area contributed by atoms with Crippen molar-refractivity contribution in [2.75, 3.05) is 9.80 Å². The number of anilines is 6. The van der Waals surface area contributed by atoms with Crippen LogP contribution in [0.15, 0.2) is 188 Å². The Hall–Kier alpha value is -6.23. The Bertz CT molecular complexity index is 2410. The van der Waals surface area contributed by atoms with Crippen LogP contribution in [0.2, 0.25) is 13.1 Å². The second-order valence-electron chi connectivity index (χ2n) is 13.7. The smallest absolute Gasteiger partial charge is 0.117 e. The summed E-state index contributed by atoms with van der Waals surface area (Å²) in [6, 6.07) is 67.5. The maximum Gasteiger partial charge on any atom is 0.117 e. The van der Waals surface area contributed by atoms with Crippen molar-refractivity contribution in [3.8, 4) is 22.4 Å². The summed E-state index contributed by atoms with van der Waals surface area (Å²) < 4.78 is 0. The molecule has 4 heteroatoms. The van der Waals surface area contributed by atoms with Gasteiger partial charge in [0.1, 0.15) is 8.07 Å². The maximum atomic E-state index is 5.28. The minimum Gasteiger partial charge on any atom is -0.311 e. The Balaban J connectivity index is 1.16. The largest absolute Gasteiger partial charge is 0.311 e. The van der Waals surface area contributed by atoms with Crippen LogP contribution in [0.4, 0.5) is 34.1 Å². The Kier molecular flexibility index (Phi) is 7.60. The van der Waals surface area contributed by atoms with Gasteiger partial charge in [0.25, 0.3) is 0 Å². The summed E-state index contributed by atoms with van der Waals surface area (Å²) in [5.74, 6) is 0. The number of aromatic nitrogens is 1. The maximum absolute atomic E-state index is 5.28.